The molecule has 0 unspecified atom stereocenters. The second kappa shape index (κ2) is 4.99. The molecule has 121 valence electrons. The standard InChI is InChI=1S/C24H14NO/c1-3-10-21-17(6-1)19-9-5-8-16(24(19)25-21)15-12-13-23-20(14-15)18-7-2-4-11-22(18)26-23/h1-13,25H. The first-order valence-electron chi connectivity index (χ1n) is 8.72. The van der Waals surface area contributed by atoms with Gasteiger partial charge in [0.2, 0.25) is 0 Å². The van der Waals surface area contributed by atoms with Crippen molar-refractivity contribution in [2.75, 3.05) is 0 Å². The fraction of sp³-hybridized carbons (Fsp3) is 0. The molecule has 4 aromatic carbocycles. The molecule has 6 aromatic rings. The first-order valence-corrected chi connectivity index (χ1v) is 8.72. The quantitative estimate of drug-likeness (QED) is 0.357. The van der Waals surface area contributed by atoms with Crippen LogP contribution in [0.3, 0.4) is 0 Å². The van der Waals surface area contributed by atoms with Crippen LogP contribution in [0.5, 0.6) is 0 Å². The van der Waals surface area contributed by atoms with Crippen LogP contribution in [0.25, 0.3) is 54.9 Å². The van der Waals surface area contributed by atoms with E-state index in [0.717, 1.165) is 44.1 Å². The molecule has 0 aliphatic carbocycles. The van der Waals surface area contributed by atoms with Crippen LogP contribution in [0, 0.1) is 6.07 Å². The summed E-state index contributed by atoms with van der Waals surface area (Å²) in [7, 11) is 0. The van der Waals surface area contributed by atoms with E-state index in [1.54, 1.807) is 0 Å². The van der Waals surface area contributed by atoms with Crippen LogP contribution in [0.2, 0.25) is 0 Å². The maximum absolute atomic E-state index is 5.94. The molecule has 2 heterocycles. The summed E-state index contributed by atoms with van der Waals surface area (Å²) in [5, 5.41) is 4.63. The smallest absolute Gasteiger partial charge is 0.136 e. The van der Waals surface area contributed by atoms with Gasteiger partial charge in [-0.15, -0.1) is 0 Å². The minimum Gasteiger partial charge on any atom is -0.456 e. The predicted octanol–water partition coefficient (Wildman–Crippen LogP) is 6.69. The number of hydrogen-bond donors (Lipinski definition) is 1. The van der Waals surface area contributed by atoms with Crippen LogP contribution >= 0.6 is 0 Å². The first kappa shape index (κ1) is 13.7. The van der Waals surface area contributed by atoms with Gasteiger partial charge >= 0.3 is 0 Å². The van der Waals surface area contributed by atoms with Crippen LogP contribution in [0.15, 0.2) is 83.3 Å². The number of para-hydroxylation sites is 3. The van der Waals surface area contributed by atoms with Gasteiger partial charge in [0, 0.05) is 38.7 Å². The lowest BCUT2D eigenvalue weighted by Crippen LogP contribution is -1.81. The lowest BCUT2D eigenvalue weighted by molar-refractivity contribution is 0.669. The zero-order valence-corrected chi connectivity index (χ0v) is 13.9. The van der Waals surface area contributed by atoms with Crippen molar-refractivity contribution < 1.29 is 4.42 Å². The molecule has 0 saturated heterocycles. The highest BCUT2D eigenvalue weighted by Crippen LogP contribution is 2.36. The average Bonchev–Trinajstić information content (AvgIpc) is 3.25. The summed E-state index contributed by atoms with van der Waals surface area (Å²) in [4.78, 5) is 3.58. The number of benzene rings is 4. The first-order chi connectivity index (χ1) is 12.9. The van der Waals surface area contributed by atoms with Crippen molar-refractivity contribution in [3.63, 3.8) is 0 Å². The lowest BCUT2D eigenvalue weighted by Gasteiger charge is -2.03. The molecule has 0 fully saturated rings. The molecule has 0 amide bonds. The van der Waals surface area contributed by atoms with Crippen LogP contribution in [0.1, 0.15) is 0 Å². The number of aromatic nitrogens is 1. The van der Waals surface area contributed by atoms with Gasteiger partial charge in [-0.1, -0.05) is 54.6 Å². The van der Waals surface area contributed by atoms with Crippen LogP contribution in [-0.2, 0) is 0 Å². The molecule has 2 heteroatoms. The molecule has 0 aliphatic rings. The van der Waals surface area contributed by atoms with E-state index in [-0.39, 0.29) is 0 Å². The molecular formula is C24H14NO. The normalized spacial score (nSPS) is 11.8. The molecule has 6 rings (SSSR count). The Hall–Kier alpha value is -3.52. The fourth-order valence-electron chi connectivity index (χ4n) is 3.90. The van der Waals surface area contributed by atoms with Gasteiger partial charge < -0.3 is 9.40 Å². The molecule has 0 atom stereocenters. The Kier molecular flexibility index (Phi) is 2.64. The van der Waals surface area contributed by atoms with E-state index in [2.05, 4.69) is 65.6 Å². The number of aromatic amines is 1. The van der Waals surface area contributed by atoms with Gasteiger partial charge in [0.25, 0.3) is 0 Å². The van der Waals surface area contributed by atoms with Crippen LogP contribution in [-0.4, -0.2) is 4.98 Å². The number of nitrogens with one attached hydrogen (secondary N) is 1. The van der Waals surface area contributed by atoms with Gasteiger partial charge in [0.15, 0.2) is 0 Å². The highest BCUT2D eigenvalue weighted by Gasteiger charge is 2.12. The summed E-state index contributed by atoms with van der Waals surface area (Å²) in [6, 6.07) is 30.7. The average molecular weight is 332 g/mol. The van der Waals surface area contributed by atoms with Crippen molar-refractivity contribution in [1.82, 2.24) is 4.98 Å². The van der Waals surface area contributed by atoms with Gasteiger partial charge in [-0.05, 0) is 29.8 Å². The van der Waals surface area contributed by atoms with Gasteiger partial charge in [-0.25, -0.2) is 0 Å². The molecule has 0 spiro atoms. The van der Waals surface area contributed by atoms with Crippen molar-refractivity contribution in [1.29, 1.82) is 0 Å². The summed E-state index contributed by atoms with van der Waals surface area (Å²) in [6.45, 7) is 0. The van der Waals surface area contributed by atoms with E-state index in [1.165, 1.54) is 10.8 Å². The number of fused-ring (bicyclic) bond motifs is 6. The molecular weight excluding hydrogens is 318 g/mol. The Labute approximate surface area is 149 Å². The highest BCUT2D eigenvalue weighted by molar-refractivity contribution is 6.13. The second-order valence-electron chi connectivity index (χ2n) is 6.61. The second-order valence-corrected chi connectivity index (χ2v) is 6.61. The van der Waals surface area contributed by atoms with Gasteiger partial charge in [-0.2, -0.15) is 0 Å². The number of hydrogen-bond acceptors (Lipinski definition) is 1. The Balaban J connectivity index is 1.68. The van der Waals surface area contributed by atoms with E-state index in [1.807, 2.05) is 24.3 Å². The summed E-state index contributed by atoms with van der Waals surface area (Å²) in [5.74, 6) is 0. The van der Waals surface area contributed by atoms with E-state index < -0.39 is 0 Å². The Morgan fingerprint density at radius 3 is 2.42 bits per heavy atom. The topological polar surface area (TPSA) is 28.9 Å². The van der Waals surface area contributed by atoms with Crippen molar-refractivity contribution >= 4 is 43.7 Å². The minimum absolute atomic E-state index is 0.874. The third kappa shape index (κ3) is 1.81. The molecule has 2 nitrogen and oxygen atoms in total. The van der Waals surface area contributed by atoms with Gasteiger partial charge in [0.05, 0.1) is 5.52 Å². The number of H-pyrrole nitrogens is 1. The van der Waals surface area contributed by atoms with Gasteiger partial charge in [0.1, 0.15) is 11.2 Å². The molecule has 0 saturated carbocycles. The molecule has 0 aliphatic heterocycles. The van der Waals surface area contributed by atoms with E-state index in [0.29, 0.717) is 0 Å². The summed E-state index contributed by atoms with van der Waals surface area (Å²) >= 11 is 0. The Morgan fingerprint density at radius 2 is 1.46 bits per heavy atom. The zero-order chi connectivity index (χ0) is 17.1. The summed E-state index contributed by atoms with van der Waals surface area (Å²) < 4.78 is 5.94. The summed E-state index contributed by atoms with van der Waals surface area (Å²) in [6.07, 6.45) is 0. The molecule has 1 radical (unpaired) electrons. The Morgan fingerprint density at radius 1 is 0.654 bits per heavy atom. The van der Waals surface area contributed by atoms with Gasteiger partial charge in [-0.3, -0.25) is 0 Å². The van der Waals surface area contributed by atoms with Crippen LogP contribution < -0.4 is 0 Å². The van der Waals surface area contributed by atoms with Crippen molar-refractivity contribution in [2.45, 2.75) is 0 Å². The number of rotatable bonds is 1. The van der Waals surface area contributed by atoms with E-state index in [4.69, 9.17) is 4.42 Å². The largest absolute Gasteiger partial charge is 0.456 e. The maximum Gasteiger partial charge on any atom is 0.136 e. The number of furan rings is 1. The van der Waals surface area contributed by atoms with Crippen molar-refractivity contribution in [3.05, 3.63) is 84.9 Å². The molecule has 0 bridgehead atoms. The highest BCUT2D eigenvalue weighted by atomic mass is 16.3. The minimum atomic E-state index is 0.874. The monoisotopic (exact) mass is 332 g/mol. The van der Waals surface area contributed by atoms with Crippen LogP contribution in [0.4, 0.5) is 0 Å². The SMILES string of the molecule is [c]1c(-c2cccc3c2[nH]c2ccccc23)ccc2oc3ccccc3c12. The molecule has 1 N–H and O–H groups in total. The van der Waals surface area contributed by atoms with Crippen molar-refractivity contribution in [2.24, 2.45) is 0 Å². The maximum atomic E-state index is 5.94. The molecule has 26 heavy (non-hydrogen) atoms. The fourth-order valence-corrected chi connectivity index (χ4v) is 3.90. The van der Waals surface area contributed by atoms with E-state index >= 15 is 0 Å². The third-order valence-electron chi connectivity index (χ3n) is 5.12. The third-order valence-corrected chi connectivity index (χ3v) is 5.12. The van der Waals surface area contributed by atoms with E-state index in [9.17, 15) is 0 Å². The predicted molar refractivity (Wildman–Crippen MR) is 107 cm³/mol. The summed E-state index contributed by atoms with van der Waals surface area (Å²) in [5.41, 5.74) is 6.31. The van der Waals surface area contributed by atoms with Crippen molar-refractivity contribution in [3.8, 4) is 11.1 Å². The zero-order valence-electron chi connectivity index (χ0n) is 13.9. The Bertz CT molecular complexity index is 1430. The lowest BCUT2D eigenvalue weighted by atomic mass is 10.00. The molecule has 2 aromatic heterocycles.